The topological polar surface area (TPSA) is 143 Å². The molecule has 13 rings (SSSR count). The van der Waals surface area contributed by atoms with Gasteiger partial charge in [0.1, 0.15) is 10.8 Å². The van der Waals surface area contributed by atoms with Crippen LogP contribution in [0.2, 0.25) is 0 Å². The molecule has 0 amide bonds. The van der Waals surface area contributed by atoms with Crippen molar-refractivity contribution in [1.82, 2.24) is 19.1 Å². The Labute approximate surface area is 397 Å². The van der Waals surface area contributed by atoms with E-state index in [0.29, 0.717) is 51.1 Å². The minimum atomic E-state index is 0.487. The van der Waals surface area contributed by atoms with Crippen LogP contribution in [0.5, 0.6) is 11.5 Å². The summed E-state index contributed by atoms with van der Waals surface area (Å²) in [6.45, 7) is 0. The first-order valence-electron chi connectivity index (χ1n) is 22.0. The van der Waals surface area contributed by atoms with Crippen molar-refractivity contribution in [1.29, 1.82) is 21.0 Å². The zero-order valence-corrected chi connectivity index (χ0v) is 36.9. The fourth-order valence-corrected chi connectivity index (χ4v) is 10.9. The molecule has 5 heterocycles. The molecule has 0 radical (unpaired) electrons. The van der Waals surface area contributed by atoms with Crippen LogP contribution in [0.3, 0.4) is 0 Å². The molecular formula is C58H29N9OS. The van der Waals surface area contributed by atoms with Crippen molar-refractivity contribution in [3.05, 3.63) is 198 Å². The average molecular weight is 900 g/mol. The standard InChI is InChI=1S/C58H29N9OS/c59-30-34-17-21-46-40(25-34)41-26-35(31-60)18-22-47(41)65(46)55-29-44(38-9-1-2-10-39(38)58-63-45-11-3-8-16-54(45)69-58)56(57(64-55)67-50-12-4-6-14-52(50)68-53-15-7-5-13-51(53)67)66-48-23-19-36(32-61)27-42(48)43-28-37(33-62)20-24-49(43)66/h1-29H. The van der Waals surface area contributed by atoms with Crippen LogP contribution in [-0.2, 0) is 0 Å². The quantitative estimate of drug-likeness (QED) is 0.166. The molecule has 69 heavy (non-hydrogen) atoms. The van der Waals surface area contributed by atoms with E-state index in [0.717, 1.165) is 86.9 Å². The van der Waals surface area contributed by atoms with Gasteiger partial charge in [-0.2, -0.15) is 21.0 Å². The number of nitriles is 4. The van der Waals surface area contributed by atoms with Gasteiger partial charge in [0.15, 0.2) is 17.3 Å². The van der Waals surface area contributed by atoms with Crippen LogP contribution < -0.4 is 9.64 Å². The van der Waals surface area contributed by atoms with Gasteiger partial charge < -0.3 is 9.30 Å². The van der Waals surface area contributed by atoms with E-state index in [2.05, 4.69) is 62.6 Å². The van der Waals surface area contributed by atoms with Crippen LogP contribution in [0.1, 0.15) is 22.3 Å². The Kier molecular flexibility index (Phi) is 8.71. The third kappa shape index (κ3) is 6.00. The largest absolute Gasteiger partial charge is 0.453 e. The Morgan fingerprint density at radius 1 is 0.435 bits per heavy atom. The summed E-state index contributed by atoms with van der Waals surface area (Å²) >= 11 is 1.62. The van der Waals surface area contributed by atoms with Crippen molar-refractivity contribution in [2.24, 2.45) is 0 Å². The minimum absolute atomic E-state index is 0.487. The van der Waals surface area contributed by atoms with Crippen LogP contribution >= 0.6 is 11.3 Å². The van der Waals surface area contributed by atoms with Gasteiger partial charge in [-0.1, -0.05) is 60.7 Å². The Bertz CT molecular complexity index is 4160. The molecule has 0 atom stereocenters. The van der Waals surface area contributed by atoms with E-state index < -0.39 is 0 Å². The van der Waals surface area contributed by atoms with Gasteiger partial charge in [0.2, 0.25) is 0 Å². The molecule has 11 heteroatoms. The molecule has 0 bridgehead atoms. The second-order valence-electron chi connectivity index (χ2n) is 16.7. The summed E-state index contributed by atoms with van der Waals surface area (Å²) in [5.41, 5.74) is 10.9. The number of anilines is 3. The van der Waals surface area contributed by atoms with Gasteiger partial charge in [-0.25, -0.2) is 9.97 Å². The third-order valence-corrected chi connectivity index (χ3v) is 13.9. The molecule has 0 aliphatic carbocycles. The summed E-state index contributed by atoms with van der Waals surface area (Å²) in [4.78, 5) is 13.2. The smallest absolute Gasteiger partial charge is 0.165 e. The minimum Gasteiger partial charge on any atom is -0.453 e. The highest BCUT2D eigenvalue weighted by molar-refractivity contribution is 7.21. The highest BCUT2D eigenvalue weighted by Gasteiger charge is 2.33. The molecule has 1 aliphatic heterocycles. The molecule has 318 valence electrons. The first-order chi connectivity index (χ1) is 34.0. The number of aromatic nitrogens is 4. The molecule has 0 saturated heterocycles. The molecule has 0 fully saturated rings. The molecule has 4 aromatic heterocycles. The molecule has 0 spiro atoms. The van der Waals surface area contributed by atoms with Gasteiger partial charge in [0.25, 0.3) is 0 Å². The van der Waals surface area contributed by atoms with E-state index >= 15 is 0 Å². The highest BCUT2D eigenvalue weighted by Crippen LogP contribution is 2.54. The van der Waals surface area contributed by atoms with Gasteiger partial charge in [0, 0.05) is 32.7 Å². The number of thiazole rings is 1. The predicted octanol–water partition coefficient (Wildman–Crippen LogP) is 14.3. The van der Waals surface area contributed by atoms with Crippen molar-refractivity contribution < 1.29 is 4.74 Å². The fourth-order valence-electron chi connectivity index (χ4n) is 9.85. The maximum absolute atomic E-state index is 10.2. The Hall–Kier alpha value is -10.0. The molecular weight excluding hydrogens is 871 g/mol. The normalized spacial score (nSPS) is 11.8. The zero-order valence-electron chi connectivity index (χ0n) is 36.1. The van der Waals surface area contributed by atoms with Gasteiger partial charge in [0.05, 0.1) is 95.9 Å². The number of para-hydroxylation sites is 5. The monoisotopic (exact) mass is 899 g/mol. The van der Waals surface area contributed by atoms with Crippen LogP contribution in [0.15, 0.2) is 176 Å². The summed E-state index contributed by atoms with van der Waals surface area (Å²) in [7, 11) is 0. The number of nitrogens with zero attached hydrogens (tertiary/aromatic N) is 9. The lowest BCUT2D eigenvalue weighted by Gasteiger charge is -2.34. The molecule has 0 N–H and O–H groups in total. The summed E-state index contributed by atoms with van der Waals surface area (Å²) in [5.74, 6) is 2.39. The number of hydrogen-bond donors (Lipinski definition) is 0. The van der Waals surface area contributed by atoms with Crippen molar-refractivity contribution in [3.63, 3.8) is 0 Å². The van der Waals surface area contributed by atoms with Crippen molar-refractivity contribution in [2.75, 3.05) is 4.90 Å². The molecule has 0 saturated carbocycles. The second-order valence-corrected chi connectivity index (χ2v) is 17.7. The SMILES string of the molecule is N#Cc1ccc2c(c1)c1cc(C#N)ccc1n2-c1cc(-c2ccccc2-c2nc3ccccc3s2)c(-n2c3ccc(C#N)cc3c3cc(C#N)ccc32)c(N2c3ccccc3Oc3ccccc32)n1. The first-order valence-corrected chi connectivity index (χ1v) is 22.8. The zero-order chi connectivity index (χ0) is 46.3. The number of benzene rings is 8. The number of rotatable bonds is 5. The van der Waals surface area contributed by atoms with Crippen LogP contribution in [0.4, 0.5) is 17.2 Å². The van der Waals surface area contributed by atoms with Gasteiger partial charge in [-0.3, -0.25) is 9.47 Å². The van der Waals surface area contributed by atoms with E-state index in [4.69, 9.17) is 14.7 Å². The predicted molar refractivity (Wildman–Crippen MR) is 271 cm³/mol. The van der Waals surface area contributed by atoms with E-state index in [-0.39, 0.29) is 0 Å². The summed E-state index contributed by atoms with van der Waals surface area (Å²) in [6, 6.07) is 66.2. The molecule has 12 aromatic rings. The number of fused-ring (bicyclic) bond motifs is 9. The lowest BCUT2D eigenvalue weighted by molar-refractivity contribution is 0.476. The lowest BCUT2D eigenvalue weighted by Crippen LogP contribution is -2.20. The van der Waals surface area contributed by atoms with Gasteiger partial charge in [-0.15, -0.1) is 11.3 Å². The second kappa shape index (κ2) is 15.3. The lowest BCUT2D eigenvalue weighted by atomic mass is 9.97. The molecule has 10 nitrogen and oxygen atoms in total. The number of ether oxygens (including phenoxy) is 1. The summed E-state index contributed by atoms with van der Waals surface area (Å²) in [6.07, 6.45) is 0. The molecule has 8 aromatic carbocycles. The summed E-state index contributed by atoms with van der Waals surface area (Å²) in [5, 5.41) is 44.7. The Morgan fingerprint density at radius 3 is 1.42 bits per heavy atom. The van der Waals surface area contributed by atoms with Crippen LogP contribution in [-0.4, -0.2) is 19.1 Å². The first kappa shape index (κ1) is 39.3. The average Bonchev–Trinajstić information content (AvgIpc) is 4.09. The number of hydrogen-bond acceptors (Lipinski definition) is 9. The Morgan fingerprint density at radius 2 is 0.899 bits per heavy atom. The van der Waals surface area contributed by atoms with E-state index in [9.17, 15) is 21.0 Å². The van der Waals surface area contributed by atoms with Crippen molar-refractivity contribution in [2.45, 2.75) is 0 Å². The Balaban J connectivity index is 1.26. The van der Waals surface area contributed by atoms with Crippen molar-refractivity contribution >= 4 is 82.4 Å². The van der Waals surface area contributed by atoms with Gasteiger partial charge >= 0.3 is 0 Å². The van der Waals surface area contributed by atoms with Crippen LogP contribution in [0.25, 0.3) is 87.0 Å². The van der Waals surface area contributed by atoms with E-state index in [1.54, 1.807) is 23.5 Å². The highest BCUT2D eigenvalue weighted by atomic mass is 32.1. The maximum Gasteiger partial charge on any atom is 0.165 e. The van der Waals surface area contributed by atoms with E-state index in [1.807, 2.05) is 140 Å². The molecule has 0 unspecified atom stereocenters. The maximum atomic E-state index is 10.2. The van der Waals surface area contributed by atoms with Gasteiger partial charge in [-0.05, 0) is 121 Å². The summed E-state index contributed by atoms with van der Waals surface area (Å²) < 4.78 is 12.0. The number of pyridine rings is 1. The fraction of sp³-hybridized carbons (Fsp3) is 0. The third-order valence-electron chi connectivity index (χ3n) is 12.8. The molecule has 1 aliphatic rings. The van der Waals surface area contributed by atoms with E-state index in [1.165, 1.54) is 0 Å². The van der Waals surface area contributed by atoms with Crippen molar-refractivity contribution in [3.8, 4) is 69.0 Å². The van der Waals surface area contributed by atoms with Crippen LogP contribution in [0, 0.1) is 45.3 Å².